The molecule has 154 valence electrons. The minimum absolute atomic E-state index is 0.0673. The Kier molecular flexibility index (Phi) is 10.1. The SMILES string of the molecule is CC(=O)c1cccc(OCCCCN)c1C(C)=O.CCC1CCC(=O)NC1=O. The molecule has 1 aromatic carbocycles. The molecule has 7 nitrogen and oxygen atoms in total. The summed E-state index contributed by atoms with van der Waals surface area (Å²) in [5.74, 6) is 0.0283. The lowest BCUT2D eigenvalue weighted by molar-refractivity contribution is -0.136. The number of nitrogens with one attached hydrogen (secondary N) is 1. The molecule has 1 heterocycles. The maximum absolute atomic E-state index is 11.6. The average Bonchev–Trinajstić information content (AvgIpc) is 2.65. The van der Waals surface area contributed by atoms with Gasteiger partial charge in [-0.05, 0) is 52.1 Å². The highest BCUT2D eigenvalue weighted by atomic mass is 16.5. The van der Waals surface area contributed by atoms with E-state index >= 15 is 0 Å². The largest absolute Gasteiger partial charge is 0.493 e. The molecule has 0 aliphatic carbocycles. The molecule has 1 saturated heterocycles. The molecule has 0 aromatic heterocycles. The molecular weight excluding hydrogens is 360 g/mol. The van der Waals surface area contributed by atoms with Gasteiger partial charge < -0.3 is 10.5 Å². The maximum Gasteiger partial charge on any atom is 0.229 e. The Morgan fingerprint density at radius 1 is 1.18 bits per heavy atom. The first-order valence-corrected chi connectivity index (χ1v) is 9.63. The number of ether oxygens (including phenoxy) is 1. The summed E-state index contributed by atoms with van der Waals surface area (Å²) >= 11 is 0. The van der Waals surface area contributed by atoms with Crippen LogP contribution in [0.15, 0.2) is 18.2 Å². The van der Waals surface area contributed by atoms with Crippen LogP contribution in [0.2, 0.25) is 0 Å². The van der Waals surface area contributed by atoms with E-state index in [0.29, 0.717) is 36.4 Å². The summed E-state index contributed by atoms with van der Waals surface area (Å²) < 4.78 is 5.56. The second-order valence-corrected chi connectivity index (χ2v) is 6.69. The number of imide groups is 1. The lowest BCUT2D eigenvalue weighted by atomic mass is 9.96. The summed E-state index contributed by atoms with van der Waals surface area (Å²) in [6, 6.07) is 5.08. The molecule has 1 aromatic rings. The highest BCUT2D eigenvalue weighted by molar-refractivity contribution is 6.09. The van der Waals surface area contributed by atoms with Gasteiger partial charge in [-0.2, -0.15) is 0 Å². The van der Waals surface area contributed by atoms with Gasteiger partial charge in [0.25, 0.3) is 0 Å². The third kappa shape index (κ3) is 7.23. The number of piperidine rings is 1. The van der Waals surface area contributed by atoms with Crippen LogP contribution in [0.25, 0.3) is 0 Å². The number of nitrogens with two attached hydrogens (primary N) is 1. The fourth-order valence-corrected chi connectivity index (χ4v) is 2.86. The number of ketones is 2. The maximum atomic E-state index is 11.6. The summed E-state index contributed by atoms with van der Waals surface area (Å²) in [5.41, 5.74) is 6.18. The van der Waals surface area contributed by atoms with Crippen LogP contribution in [0.1, 0.15) is 73.6 Å². The number of rotatable bonds is 8. The number of hydrogen-bond donors (Lipinski definition) is 2. The molecular formula is C21H30N2O5. The molecule has 1 fully saturated rings. The van der Waals surface area contributed by atoms with Crippen molar-refractivity contribution >= 4 is 23.4 Å². The van der Waals surface area contributed by atoms with Crippen molar-refractivity contribution in [1.82, 2.24) is 5.32 Å². The molecule has 1 aliphatic heterocycles. The normalized spacial score (nSPS) is 15.9. The van der Waals surface area contributed by atoms with Crippen LogP contribution >= 0.6 is 0 Å². The number of amides is 2. The molecule has 1 unspecified atom stereocenters. The van der Waals surface area contributed by atoms with Crippen molar-refractivity contribution in [2.75, 3.05) is 13.2 Å². The molecule has 0 radical (unpaired) electrons. The van der Waals surface area contributed by atoms with Crippen molar-refractivity contribution in [3.8, 4) is 5.75 Å². The summed E-state index contributed by atoms with van der Waals surface area (Å²) in [4.78, 5) is 44.6. The lowest BCUT2D eigenvalue weighted by Crippen LogP contribution is -2.40. The van der Waals surface area contributed by atoms with Crippen LogP contribution in [0.4, 0.5) is 0 Å². The van der Waals surface area contributed by atoms with Gasteiger partial charge in [0.1, 0.15) is 5.75 Å². The van der Waals surface area contributed by atoms with E-state index in [-0.39, 0.29) is 29.3 Å². The molecule has 2 rings (SSSR count). The summed E-state index contributed by atoms with van der Waals surface area (Å²) in [6.45, 7) is 5.96. The monoisotopic (exact) mass is 390 g/mol. The van der Waals surface area contributed by atoms with Crippen molar-refractivity contribution in [3.63, 3.8) is 0 Å². The van der Waals surface area contributed by atoms with Crippen molar-refractivity contribution in [2.45, 2.75) is 52.9 Å². The van der Waals surface area contributed by atoms with Crippen molar-refractivity contribution in [2.24, 2.45) is 11.7 Å². The number of benzene rings is 1. The van der Waals surface area contributed by atoms with E-state index in [2.05, 4.69) is 5.32 Å². The van der Waals surface area contributed by atoms with E-state index in [1.54, 1.807) is 18.2 Å². The Balaban J connectivity index is 0.000000330. The molecule has 28 heavy (non-hydrogen) atoms. The molecule has 1 aliphatic rings. The van der Waals surface area contributed by atoms with Gasteiger partial charge in [0.05, 0.1) is 12.2 Å². The van der Waals surface area contributed by atoms with Gasteiger partial charge in [0.15, 0.2) is 11.6 Å². The lowest BCUT2D eigenvalue weighted by Gasteiger charge is -2.18. The first-order valence-electron chi connectivity index (χ1n) is 9.63. The number of hydrogen-bond acceptors (Lipinski definition) is 6. The van der Waals surface area contributed by atoms with Gasteiger partial charge in [-0.1, -0.05) is 19.1 Å². The predicted molar refractivity (Wildman–Crippen MR) is 106 cm³/mol. The Morgan fingerprint density at radius 2 is 1.89 bits per heavy atom. The Bertz CT molecular complexity index is 715. The number of Topliss-reactive ketones (excluding diaryl/α,β-unsaturated/α-hetero) is 2. The minimum atomic E-state index is -0.158. The molecule has 1 atom stereocenters. The molecule has 7 heteroatoms. The fraction of sp³-hybridized carbons (Fsp3) is 0.524. The topological polar surface area (TPSA) is 116 Å². The van der Waals surface area contributed by atoms with E-state index in [4.69, 9.17) is 10.5 Å². The van der Waals surface area contributed by atoms with E-state index in [0.717, 1.165) is 25.7 Å². The first-order chi connectivity index (χ1) is 13.3. The van der Waals surface area contributed by atoms with Gasteiger partial charge in [0.2, 0.25) is 11.8 Å². The van der Waals surface area contributed by atoms with Crippen molar-refractivity contribution in [3.05, 3.63) is 29.3 Å². The molecule has 0 spiro atoms. The standard InChI is InChI=1S/C14H19NO3.C7H11NO2/c1-10(16)12-6-5-7-13(14(12)11(2)17)18-9-4-3-8-15;1-2-5-3-4-6(9)8-7(5)10/h5-7H,3-4,8-9,15H2,1-2H3;5H,2-4H2,1H3,(H,8,9,10). The van der Waals surface area contributed by atoms with E-state index < -0.39 is 0 Å². The summed E-state index contributed by atoms with van der Waals surface area (Å²) in [5, 5.41) is 2.30. The van der Waals surface area contributed by atoms with Crippen molar-refractivity contribution in [1.29, 1.82) is 0 Å². The van der Waals surface area contributed by atoms with Crippen molar-refractivity contribution < 1.29 is 23.9 Å². The predicted octanol–water partition coefficient (Wildman–Crippen LogP) is 2.66. The van der Waals surface area contributed by atoms with E-state index in [1.807, 2.05) is 6.92 Å². The quantitative estimate of drug-likeness (QED) is 0.400. The fourth-order valence-electron chi connectivity index (χ4n) is 2.86. The highest BCUT2D eigenvalue weighted by Crippen LogP contribution is 2.24. The van der Waals surface area contributed by atoms with Crippen LogP contribution in [0.3, 0.4) is 0 Å². The van der Waals surface area contributed by atoms with E-state index in [9.17, 15) is 19.2 Å². The molecule has 3 N–H and O–H groups in total. The average molecular weight is 390 g/mol. The summed E-state index contributed by atoms with van der Waals surface area (Å²) in [7, 11) is 0. The van der Waals surface area contributed by atoms with Gasteiger partial charge in [-0.15, -0.1) is 0 Å². The summed E-state index contributed by atoms with van der Waals surface area (Å²) in [6.07, 6.45) is 3.77. The number of carbonyl (C=O) groups excluding carboxylic acids is 4. The Labute approximate surface area is 166 Å². The second-order valence-electron chi connectivity index (χ2n) is 6.69. The second kappa shape index (κ2) is 12.0. The van der Waals surface area contributed by atoms with Crippen LogP contribution in [-0.2, 0) is 9.59 Å². The number of unbranched alkanes of at least 4 members (excludes halogenated alkanes) is 1. The highest BCUT2D eigenvalue weighted by Gasteiger charge is 2.24. The number of carbonyl (C=O) groups is 4. The Morgan fingerprint density at radius 3 is 2.43 bits per heavy atom. The van der Waals surface area contributed by atoms with Crippen LogP contribution in [-0.4, -0.2) is 36.5 Å². The zero-order valence-corrected chi connectivity index (χ0v) is 16.9. The third-order valence-electron chi connectivity index (χ3n) is 4.46. The first kappa shape index (κ1) is 23.5. The van der Waals surface area contributed by atoms with Gasteiger partial charge in [-0.3, -0.25) is 24.5 Å². The molecule has 0 saturated carbocycles. The van der Waals surface area contributed by atoms with Gasteiger partial charge in [0, 0.05) is 17.9 Å². The Hall–Kier alpha value is -2.54. The van der Waals surface area contributed by atoms with Crippen LogP contribution in [0.5, 0.6) is 5.75 Å². The zero-order chi connectivity index (χ0) is 21.1. The minimum Gasteiger partial charge on any atom is -0.493 e. The van der Waals surface area contributed by atoms with Crippen LogP contribution < -0.4 is 15.8 Å². The molecule has 2 amide bonds. The van der Waals surface area contributed by atoms with Gasteiger partial charge in [-0.25, -0.2) is 0 Å². The smallest absolute Gasteiger partial charge is 0.229 e. The van der Waals surface area contributed by atoms with Crippen LogP contribution in [0, 0.1) is 5.92 Å². The third-order valence-corrected chi connectivity index (χ3v) is 4.46. The van der Waals surface area contributed by atoms with E-state index in [1.165, 1.54) is 13.8 Å². The molecule has 0 bridgehead atoms. The zero-order valence-electron chi connectivity index (χ0n) is 16.9. The van der Waals surface area contributed by atoms with Gasteiger partial charge >= 0.3 is 0 Å².